The van der Waals surface area contributed by atoms with Crippen LogP contribution in [-0.2, 0) is 4.79 Å². The summed E-state index contributed by atoms with van der Waals surface area (Å²) in [5.74, 6) is 0.316. The first kappa shape index (κ1) is 15.5. The number of benzene rings is 4. The normalized spacial score (nSPS) is 10.7. The third-order valence-corrected chi connectivity index (χ3v) is 3.94. The zero-order chi connectivity index (χ0) is 15.1. The second-order valence-electron chi connectivity index (χ2n) is 5.43. The van der Waals surface area contributed by atoms with Crippen LogP contribution in [-0.4, -0.2) is 5.97 Å². The fraction of sp³-hybridized carbons (Fsp3) is 0.0500. The molecule has 4 rings (SSSR count). The fourth-order valence-corrected chi connectivity index (χ4v) is 3.01. The van der Waals surface area contributed by atoms with Gasteiger partial charge in [0.1, 0.15) is 5.75 Å². The molecule has 3 heteroatoms. The number of ether oxygens (including phenoxy) is 1. The summed E-state index contributed by atoms with van der Waals surface area (Å²) in [4.78, 5) is 11.4. The lowest BCUT2D eigenvalue weighted by Crippen LogP contribution is -2.01. The Morgan fingerprint density at radius 1 is 0.783 bits per heavy atom. The van der Waals surface area contributed by atoms with Crippen molar-refractivity contribution in [3.8, 4) is 5.75 Å². The average molecular weight is 320 g/mol. The van der Waals surface area contributed by atoms with Gasteiger partial charge in [-0.3, -0.25) is 4.79 Å². The minimum Gasteiger partial charge on any atom is -0.426 e. The maximum atomic E-state index is 11.4. The van der Waals surface area contributed by atoms with Crippen LogP contribution in [0.1, 0.15) is 6.92 Å². The van der Waals surface area contributed by atoms with E-state index >= 15 is 0 Å². The lowest BCUT2D eigenvalue weighted by atomic mass is 9.98. The largest absolute Gasteiger partial charge is 0.426 e. The molecule has 0 saturated heterocycles. The van der Waals surface area contributed by atoms with Gasteiger partial charge in [0.2, 0.25) is 0 Å². The molecule has 114 valence electrons. The van der Waals surface area contributed by atoms with Crippen molar-refractivity contribution in [2.45, 2.75) is 6.92 Å². The van der Waals surface area contributed by atoms with Crippen molar-refractivity contribution in [2.24, 2.45) is 0 Å². The molecule has 1 unspecified atom stereocenters. The topological polar surface area (TPSA) is 26.3 Å². The highest BCUT2D eigenvalue weighted by molar-refractivity contribution is 6.92. The predicted octanol–water partition coefficient (Wildman–Crippen LogP) is 5.13. The van der Waals surface area contributed by atoms with E-state index in [0.717, 1.165) is 21.5 Å². The minimum atomic E-state index is -0.301. The molecule has 0 saturated carbocycles. The van der Waals surface area contributed by atoms with Crippen LogP contribution in [0.15, 0.2) is 66.7 Å². The molecular weight excluding hydrogens is 303 g/mol. The first-order chi connectivity index (χ1) is 10.7. The number of rotatable bonds is 1. The predicted molar refractivity (Wildman–Crippen MR) is 101 cm³/mol. The van der Waals surface area contributed by atoms with Crippen LogP contribution in [0, 0.1) is 0 Å². The van der Waals surface area contributed by atoms with E-state index in [2.05, 4.69) is 36.4 Å². The van der Waals surface area contributed by atoms with Gasteiger partial charge in [-0.1, -0.05) is 48.5 Å². The van der Waals surface area contributed by atoms with E-state index < -0.39 is 0 Å². The molecule has 23 heavy (non-hydrogen) atoms. The Morgan fingerprint density at radius 3 is 2.17 bits per heavy atom. The summed E-state index contributed by atoms with van der Waals surface area (Å²) >= 11 is 0. The Morgan fingerprint density at radius 2 is 1.43 bits per heavy atom. The van der Waals surface area contributed by atoms with Crippen molar-refractivity contribution in [1.82, 2.24) is 0 Å². The lowest BCUT2D eigenvalue weighted by molar-refractivity contribution is -0.131. The molecule has 4 aromatic carbocycles. The zero-order valence-electron chi connectivity index (χ0n) is 12.9. The van der Waals surface area contributed by atoms with Gasteiger partial charge in [0.05, 0.1) is 0 Å². The highest BCUT2D eigenvalue weighted by atomic mass is 31.0. The molecule has 0 radical (unpaired) electrons. The van der Waals surface area contributed by atoms with E-state index in [1.165, 1.54) is 17.7 Å². The van der Waals surface area contributed by atoms with Crippen molar-refractivity contribution in [1.29, 1.82) is 0 Å². The summed E-state index contributed by atoms with van der Waals surface area (Å²) < 4.78 is 5.41. The van der Waals surface area contributed by atoms with Gasteiger partial charge < -0.3 is 4.74 Å². The molecule has 2 nitrogen and oxygen atoms in total. The molecule has 0 bridgehead atoms. The van der Waals surface area contributed by atoms with Crippen molar-refractivity contribution in [3.05, 3.63) is 66.7 Å². The number of hydrogen-bond acceptors (Lipinski definition) is 2. The summed E-state index contributed by atoms with van der Waals surface area (Å²) in [7, 11) is 0. The van der Waals surface area contributed by atoms with E-state index in [9.17, 15) is 4.79 Å². The van der Waals surface area contributed by atoms with Crippen molar-refractivity contribution in [3.63, 3.8) is 0 Å². The summed E-state index contributed by atoms with van der Waals surface area (Å²) in [6.45, 7) is 1.43. The Kier molecular flexibility index (Phi) is 4.02. The van der Waals surface area contributed by atoms with E-state index in [-0.39, 0.29) is 15.9 Å². The van der Waals surface area contributed by atoms with Crippen LogP contribution in [0.3, 0.4) is 0 Å². The molecule has 0 aliphatic rings. The number of hydrogen-bond donors (Lipinski definition) is 0. The number of esters is 1. The zero-order valence-corrected chi connectivity index (χ0v) is 14.3. The highest BCUT2D eigenvalue weighted by Gasteiger charge is 2.09. The average Bonchev–Trinajstić information content (AvgIpc) is 2.52. The number of carbonyl (C=O) groups is 1. The van der Waals surface area contributed by atoms with E-state index in [1.807, 2.05) is 30.3 Å². The second-order valence-corrected chi connectivity index (χ2v) is 5.43. The highest BCUT2D eigenvalue weighted by Crippen LogP contribution is 2.35. The SMILES string of the molecule is CC(=O)Oc1cccc2ccc3cc4ccccc4cc3c12.P. The van der Waals surface area contributed by atoms with E-state index in [0.29, 0.717) is 5.75 Å². The molecule has 0 heterocycles. The van der Waals surface area contributed by atoms with Gasteiger partial charge in [-0.05, 0) is 45.1 Å². The number of fused-ring (bicyclic) bond motifs is 4. The van der Waals surface area contributed by atoms with Crippen molar-refractivity contribution < 1.29 is 9.53 Å². The lowest BCUT2D eigenvalue weighted by Gasteiger charge is -2.10. The van der Waals surface area contributed by atoms with Gasteiger partial charge in [0, 0.05) is 12.3 Å². The van der Waals surface area contributed by atoms with E-state index in [1.54, 1.807) is 0 Å². The molecule has 0 amide bonds. The molecule has 0 aliphatic heterocycles. The monoisotopic (exact) mass is 320 g/mol. The Labute approximate surface area is 137 Å². The molecule has 0 aliphatic carbocycles. The molecular formula is C20H17O2P. The first-order valence-corrected chi connectivity index (χ1v) is 7.25. The van der Waals surface area contributed by atoms with Crippen LogP contribution in [0.25, 0.3) is 32.3 Å². The Bertz CT molecular complexity index is 1040. The third-order valence-electron chi connectivity index (χ3n) is 3.94. The van der Waals surface area contributed by atoms with Crippen LogP contribution in [0.4, 0.5) is 0 Å². The maximum absolute atomic E-state index is 11.4. The van der Waals surface area contributed by atoms with Crippen molar-refractivity contribution in [2.75, 3.05) is 0 Å². The third kappa shape index (κ3) is 2.67. The smallest absolute Gasteiger partial charge is 0.308 e. The molecule has 0 spiro atoms. The van der Waals surface area contributed by atoms with Gasteiger partial charge in [-0.2, -0.15) is 9.90 Å². The van der Waals surface area contributed by atoms with Crippen LogP contribution >= 0.6 is 9.90 Å². The summed E-state index contributed by atoms with van der Waals surface area (Å²) in [6.07, 6.45) is 0. The van der Waals surface area contributed by atoms with Gasteiger partial charge >= 0.3 is 5.97 Å². The molecule has 0 N–H and O–H groups in total. The number of carbonyl (C=O) groups excluding carboxylic acids is 1. The molecule has 1 atom stereocenters. The Balaban J connectivity index is 0.00000156. The summed E-state index contributed by atoms with van der Waals surface area (Å²) in [6, 6.07) is 22.6. The standard InChI is InChI=1S/C20H14O2.H3P/c1-13(21)22-19-8-4-7-14-9-10-17-11-15-5-2-3-6-16(15)12-18(17)20(14)19;/h2-12H,1H3;1H3. The van der Waals surface area contributed by atoms with Gasteiger partial charge in [0.25, 0.3) is 0 Å². The van der Waals surface area contributed by atoms with Gasteiger partial charge in [-0.25, -0.2) is 0 Å². The van der Waals surface area contributed by atoms with Crippen molar-refractivity contribution >= 4 is 48.2 Å². The summed E-state index contributed by atoms with van der Waals surface area (Å²) in [5.41, 5.74) is 0. The minimum absolute atomic E-state index is 0. The molecule has 0 fully saturated rings. The van der Waals surface area contributed by atoms with Crippen LogP contribution in [0.2, 0.25) is 0 Å². The van der Waals surface area contributed by atoms with Gasteiger partial charge in [-0.15, -0.1) is 0 Å². The Hall–Kier alpha value is -2.44. The first-order valence-electron chi connectivity index (χ1n) is 7.25. The maximum Gasteiger partial charge on any atom is 0.308 e. The van der Waals surface area contributed by atoms with Crippen LogP contribution < -0.4 is 4.74 Å². The molecule has 0 aromatic heterocycles. The fourth-order valence-electron chi connectivity index (χ4n) is 3.01. The van der Waals surface area contributed by atoms with Gasteiger partial charge in [0.15, 0.2) is 0 Å². The molecule has 4 aromatic rings. The van der Waals surface area contributed by atoms with E-state index in [4.69, 9.17) is 4.74 Å². The second kappa shape index (κ2) is 5.98. The van der Waals surface area contributed by atoms with Crippen LogP contribution in [0.5, 0.6) is 5.75 Å². The summed E-state index contributed by atoms with van der Waals surface area (Å²) in [5, 5.41) is 6.70. The quantitative estimate of drug-likeness (QED) is 0.160.